The Hall–Kier alpha value is -5.28. The van der Waals surface area contributed by atoms with Crippen LogP contribution in [0.1, 0.15) is 0 Å². The maximum Gasteiger partial charge on any atom is 0.235 e. The van der Waals surface area contributed by atoms with Gasteiger partial charge in [0.2, 0.25) is 5.95 Å². The van der Waals surface area contributed by atoms with Gasteiger partial charge in [-0.15, -0.1) is 0 Å². The van der Waals surface area contributed by atoms with E-state index in [1.54, 1.807) is 0 Å². The van der Waals surface area contributed by atoms with E-state index >= 15 is 0 Å². The third kappa shape index (κ3) is 3.52. The molecule has 0 saturated carbocycles. The molecule has 39 heavy (non-hydrogen) atoms. The zero-order valence-electron chi connectivity index (χ0n) is 21.1. The molecular weight excluding hydrogens is 474 g/mol. The molecule has 0 spiro atoms. The number of aromatic nitrogens is 3. The third-order valence-corrected chi connectivity index (χ3v) is 7.58. The van der Waals surface area contributed by atoms with E-state index in [1.807, 2.05) is 12.1 Å². The van der Waals surface area contributed by atoms with Gasteiger partial charge in [-0.1, -0.05) is 109 Å². The molecule has 3 nitrogen and oxygen atoms in total. The average molecular weight is 498 g/mol. The van der Waals surface area contributed by atoms with Crippen molar-refractivity contribution in [2.75, 3.05) is 0 Å². The highest BCUT2D eigenvalue weighted by molar-refractivity contribution is 6.13. The van der Waals surface area contributed by atoms with Crippen molar-refractivity contribution in [1.29, 1.82) is 0 Å². The summed E-state index contributed by atoms with van der Waals surface area (Å²) in [7, 11) is 0. The molecule has 0 atom stereocenters. The first kappa shape index (κ1) is 21.8. The fourth-order valence-electron chi connectivity index (χ4n) is 5.72. The normalized spacial score (nSPS) is 11.6. The molecule has 0 aliphatic heterocycles. The highest BCUT2D eigenvalue weighted by Gasteiger charge is 2.17. The van der Waals surface area contributed by atoms with Crippen LogP contribution in [0.3, 0.4) is 0 Å². The largest absolute Gasteiger partial charge is 0.278 e. The summed E-state index contributed by atoms with van der Waals surface area (Å²) in [5, 5.41) is 5.85. The van der Waals surface area contributed by atoms with Gasteiger partial charge in [0.1, 0.15) is 0 Å². The van der Waals surface area contributed by atoms with Crippen LogP contribution in [0.15, 0.2) is 140 Å². The predicted molar refractivity (Wildman–Crippen MR) is 162 cm³/mol. The van der Waals surface area contributed by atoms with E-state index in [4.69, 9.17) is 9.97 Å². The fourth-order valence-corrected chi connectivity index (χ4v) is 5.72. The zero-order valence-corrected chi connectivity index (χ0v) is 21.1. The standard InChI is InChI=1S/C36H23N3/c1-3-11-24(12-4-1)26-19-20-27-22-31-29-15-8-10-18-33(29)39(34(31)23-28(27)21-26)36-37-32-17-9-7-16-30(32)35(38-36)25-13-5-2-6-14-25/h1-23H. The van der Waals surface area contributed by atoms with Gasteiger partial charge in [-0.05, 0) is 52.2 Å². The molecule has 0 radical (unpaired) electrons. The Morgan fingerprint density at radius 2 is 1.10 bits per heavy atom. The minimum absolute atomic E-state index is 0.678. The molecule has 2 heterocycles. The first-order chi connectivity index (χ1) is 19.3. The number of rotatable bonds is 3. The van der Waals surface area contributed by atoms with Crippen molar-refractivity contribution < 1.29 is 0 Å². The van der Waals surface area contributed by atoms with Crippen molar-refractivity contribution in [3.63, 3.8) is 0 Å². The Balaban J connectivity index is 1.45. The van der Waals surface area contributed by atoms with E-state index in [0.717, 1.165) is 33.2 Å². The summed E-state index contributed by atoms with van der Waals surface area (Å²) in [5.74, 6) is 0.678. The molecule has 3 heteroatoms. The molecule has 2 aromatic heterocycles. The lowest BCUT2D eigenvalue weighted by atomic mass is 10.00. The van der Waals surface area contributed by atoms with E-state index in [2.05, 4.69) is 132 Å². The van der Waals surface area contributed by atoms with Crippen molar-refractivity contribution in [2.24, 2.45) is 0 Å². The van der Waals surface area contributed by atoms with Crippen LogP contribution in [0.4, 0.5) is 0 Å². The summed E-state index contributed by atoms with van der Waals surface area (Å²) in [4.78, 5) is 10.3. The fraction of sp³-hybridized carbons (Fsp3) is 0. The SMILES string of the molecule is c1ccc(-c2ccc3cc4c5ccccc5n(-c5nc(-c6ccccc6)c6ccccc6n5)c4cc3c2)cc1. The van der Waals surface area contributed by atoms with Gasteiger partial charge in [-0.25, -0.2) is 9.97 Å². The lowest BCUT2D eigenvalue weighted by molar-refractivity contribution is 1.01. The van der Waals surface area contributed by atoms with E-state index in [9.17, 15) is 0 Å². The lowest BCUT2D eigenvalue weighted by Crippen LogP contribution is -2.03. The van der Waals surface area contributed by atoms with Gasteiger partial charge in [0.15, 0.2) is 0 Å². The summed E-state index contributed by atoms with van der Waals surface area (Å²) >= 11 is 0. The highest BCUT2D eigenvalue weighted by atomic mass is 15.2. The first-order valence-corrected chi connectivity index (χ1v) is 13.2. The second-order valence-corrected chi connectivity index (χ2v) is 9.91. The molecule has 0 saturated heterocycles. The van der Waals surface area contributed by atoms with Gasteiger partial charge < -0.3 is 0 Å². The summed E-state index contributed by atoms with van der Waals surface area (Å²) in [6.45, 7) is 0. The van der Waals surface area contributed by atoms with Gasteiger partial charge in [0, 0.05) is 21.7 Å². The molecule has 6 aromatic carbocycles. The van der Waals surface area contributed by atoms with Crippen LogP contribution in [0, 0.1) is 0 Å². The molecule has 0 N–H and O–H groups in total. The van der Waals surface area contributed by atoms with E-state index in [1.165, 1.54) is 32.7 Å². The van der Waals surface area contributed by atoms with Crippen molar-refractivity contribution in [2.45, 2.75) is 0 Å². The number of fused-ring (bicyclic) bond motifs is 5. The Kier molecular flexibility index (Phi) is 4.82. The molecule has 0 bridgehead atoms. The van der Waals surface area contributed by atoms with Crippen LogP contribution in [0.2, 0.25) is 0 Å². The summed E-state index contributed by atoms with van der Waals surface area (Å²) in [5.41, 5.74) is 7.57. The Morgan fingerprint density at radius 1 is 0.410 bits per heavy atom. The van der Waals surface area contributed by atoms with Gasteiger partial charge in [0.25, 0.3) is 0 Å². The molecule has 8 rings (SSSR count). The maximum absolute atomic E-state index is 5.21. The van der Waals surface area contributed by atoms with Crippen LogP contribution in [0.5, 0.6) is 0 Å². The topological polar surface area (TPSA) is 30.7 Å². The molecule has 0 aliphatic carbocycles. The highest BCUT2D eigenvalue weighted by Crippen LogP contribution is 2.36. The van der Waals surface area contributed by atoms with Crippen molar-refractivity contribution in [1.82, 2.24) is 14.5 Å². The van der Waals surface area contributed by atoms with Gasteiger partial charge in [-0.3, -0.25) is 4.57 Å². The van der Waals surface area contributed by atoms with Crippen molar-refractivity contribution in [3.8, 4) is 28.3 Å². The Bertz CT molecular complexity index is 2160. The molecule has 0 amide bonds. The molecule has 8 aromatic rings. The molecule has 0 unspecified atom stereocenters. The van der Waals surface area contributed by atoms with Gasteiger partial charge >= 0.3 is 0 Å². The quantitative estimate of drug-likeness (QED) is 0.244. The van der Waals surface area contributed by atoms with Crippen LogP contribution in [0.25, 0.3) is 71.8 Å². The van der Waals surface area contributed by atoms with E-state index < -0.39 is 0 Å². The third-order valence-electron chi connectivity index (χ3n) is 7.58. The van der Waals surface area contributed by atoms with Crippen LogP contribution in [-0.2, 0) is 0 Å². The Labute approximate surface area is 225 Å². The predicted octanol–water partition coefficient (Wildman–Crippen LogP) is 9.21. The number of hydrogen-bond donors (Lipinski definition) is 0. The van der Waals surface area contributed by atoms with Crippen molar-refractivity contribution >= 4 is 43.5 Å². The molecule has 0 aliphatic rings. The van der Waals surface area contributed by atoms with Crippen LogP contribution >= 0.6 is 0 Å². The smallest absolute Gasteiger partial charge is 0.235 e. The average Bonchev–Trinajstić information content (AvgIpc) is 3.33. The van der Waals surface area contributed by atoms with Crippen LogP contribution in [-0.4, -0.2) is 14.5 Å². The van der Waals surface area contributed by atoms with E-state index in [-0.39, 0.29) is 0 Å². The molecule has 0 fully saturated rings. The monoisotopic (exact) mass is 497 g/mol. The minimum Gasteiger partial charge on any atom is -0.278 e. The second-order valence-electron chi connectivity index (χ2n) is 9.91. The molecular formula is C36H23N3. The van der Waals surface area contributed by atoms with Gasteiger partial charge in [-0.2, -0.15) is 0 Å². The minimum atomic E-state index is 0.678. The molecule has 182 valence electrons. The number of para-hydroxylation sites is 2. The van der Waals surface area contributed by atoms with E-state index in [0.29, 0.717) is 5.95 Å². The maximum atomic E-state index is 5.21. The number of benzene rings is 6. The zero-order chi connectivity index (χ0) is 25.8. The van der Waals surface area contributed by atoms with Crippen molar-refractivity contribution in [3.05, 3.63) is 140 Å². The van der Waals surface area contributed by atoms with Crippen LogP contribution < -0.4 is 0 Å². The summed E-state index contributed by atoms with van der Waals surface area (Å²) < 4.78 is 2.22. The van der Waals surface area contributed by atoms with Gasteiger partial charge in [0.05, 0.1) is 22.2 Å². The Morgan fingerprint density at radius 3 is 1.92 bits per heavy atom. The lowest BCUT2D eigenvalue weighted by Gasteiger charge is -2.12. The first-order valence-electron chi connectivity index (χ1n) is 13.2. The number of nitrogens with zero attached hydrogens (tertiary/aromatic N) is 3. The second kappa shape index (κ2) is 8.64. The summed E-state index contributed by atoms with van der Waals surface area (Å²) in [6.07, 6.45) is 0. The number of hydrogen-bond acceptors (Lipinski definition) is 2. The summed E-state index contributed by atoms with van der Waals surface area (Å²) in [6, 6.07) is 49.0.